The van der Waals surface area contributed by atoms with Gasteiger partial charge < -0.3 is 11.1 Å². The van der Waals surface area contributed by atoms with Crippen molar-refractivity contribution in [3.8, 4) is 0 Å². The van der Waals surface area contributed by atoms with Crippen molar-refractivity contribution in [2.24, 2.45) is 0 Å². The summed E-state index contributed by atoms with van der Waals surface area (Å²) < 4.78 is 0. The van der Waals surface area contributed by atoms with Gasteiger partial charge in [0.15, 0.2) is 0 Å². The Morgan fingerprint density at radius 2 is 1.71 bits per heavy atom. The number of nitrogens with two attached hydrogens (primary N) is 1. The van der Waals surface area contributed by atoms with E-state index in [4.69, 9.17) is 28.9 Å². The van der Waals surface area contributed by atoms with Gasteiger partial charge in [-0.25, -0.2) is 0 Å². The quantitative estimate of drug-likeness (QED) is 0.778. The van der Waals surface area contributed by atoms with Crippen LogP contribution in [0.5, 0.6) is 0 Å². The monoisotopic (exact) mass is 266 g/mol. The van der Waals surface area contributed by atoms with E-state index in [0.717, 1.165) is 11.3 Å². The highest BCUT2D eigenvalue weighted by atomic mass is 35.5. The fourth-order valence-corrected chi connectivity index (χ4v) is 2.04. The summed E-state index contributed by atoms with van der Waals surface area (Å²) >= 11 is 12.2. The zero-order chi connectivity index (χ0) is 12.4. The Balaban J connectivity index is 2.38. The van der Waals surface area contributed by atoms with Crippen LogP contribution >= 0.6 is 23.2 Å². The van der Waals surface area contributed by atoms with Gasteiger partial charge in [0.25, 0.3) is 0 Å². The molecular weight excluding hydrogens is 255 g/mol. The Morgan fingerprint density at radius 3 is 2.29 bits per heavy atom. The van der Waals surface area contributed by atoms with Gasteiger partial charge in [0.05, 0.1) is 27.1 Å². The molecule has 0 bridgehead atoms. The number of nitrogen functional groups attached to an aromatic ring is 1. The molecule has 2 aromatic carbocycles. The lowest BCUT2D eigenvalue weighted by molar-refractivity contribution is 1.45. The van der Waals surface area contributed by atoms with Crippen molar-refractivity contribution in [3.05, 3.63) is 52.0 Å². The molecule has 2 rings (SSSR count). The van der Waals surface area contributed by atoms with Crippen molar-refractivity contribution in [2.45, 2.75) is 6.92 Å². The molecule has 0 spiro atoms. The topological polar surface area (TPSA) is 38.0 Å². The van der Waals surface area contributed by atoms with E-state index in [1.165, 1.54) is 0 Å². The molecule has 0 fully saturated rings. The summed E-state index contributed by atoms with van der Waals surface area (Å²) in [5, 5.41) is 4.28. The molecule has 0 aromatic heterocycles. The molecular formula is C13H12Cl2N2. The molecule has 0 aliphatic heterocycles. The number of nitrogens with one attached hydrogen (secondary N) is 1. The first-order valence-corrected chi connectivity index (χ1v) is 5.90. The number of hydrogen-bond donors (Lipinski definition) is 2. The van der Waals surface area contributed by atoms with Gasteiger partial charge in [-0.15, -0.1) is 0 Å². The third-order valence-electron chi connectivity index (χ3n) is 2.43. The van der Waals surface area contributed by atoms with Crippen LogP contribution in [0.1, 0.15) is 5.56 Å². The van der Waals surface area contributed by atoms with Crippen LogP contribution in [-0.4, -0.2) is 0 Å². The van der Waals surface area contributed by atoms with Gasteiger partial charge in [-0.05, 0) is 36.8 Å². The first-order valence-electron chi connectivity index (χ1n) is 5.15. The molecule has 0 unspecified atom stereocenters. The molecule has 3 N–H and O–H groups in total. The third-order valence-corrected chi connectivity index (χ3v) is 3.06. The van der Waals surface area contributed by atoms with Gasteiger partial charge in [-0.1, -0.05) is 35.3 Å². The van der Waals surface area contributed by atoms with Crippen LogP contribution in [0.25, 0.3) is 0 Å². The number of anilines is 3. The fourth-order valence-electron chi connectivity index (χ4n) is 1.55. The van der Waals surface area contributed by atoms with Gasteiger partial charge in [0, 0.05) is 0 Å². The van der Waals surface area contributed by atoms with Crippen LogP contribution in [0.3, 0.4) is 0 Å². The van der Waals surface area contributed by atoms with Crippen molar-refractivity contribution >= 4 is 40.3 Å². The van der Waals surface area contributed by atoms with Crippen molar-refractivity contribution in [2.75, 3.05) is 11.1 Å². The number of benzene rings is 2. The van der Waals surface area contributed by atoms with E-state index in [-0.39, 0.29) is 0 Å². The molecule has 0 atom stereocenters. The van der Waals surface area contributed by atoms with Crippen molar-refractivity contribution in [1.82, 2.24) is 0 Å². The maximum absolute atomic E-state index is 6.08. The standard InChI is InChI=1S/C13H12Cl2N2/c1-8-5-6-12(11(16)7-8)17-13-9(14)3-2-4-10(13)15/h2-7,17H,16H2,1H3. The lowest BCUT2D eigenvalue weighted by Crippen LogP contribution is -1.97. The molecule has 17 heavy (non-hydrogen) atoms. The summed E-state index contributed by atoms with van der Waals surface area (Å²) in [5.74, 6) is 0. The predicted octanol–water partition coefficient (Wildman–Crippen LogP) is 4.63. The SMILES string of the molecule is Cc1ccc(Nc2c(Cl)cccc2Cl)c(N)c1. The maximum Gasteiger partial charge on any atom is 0.0763 e. The molecule has 0 radical (unpaired) electrons. The second kappa shape index (κ2) is 4.86. The molecule has 4 heteroatoms. The summed E-state index contributed by atoms with van der Waals surface area (Å²) in [6.45, 7) is 1.99. The van der Waals surface area contributed by atoms with Gasteiger partial charge in [-0.2, -0.15) is 0 Å². The van der Waals surface area contributed by atoms with Crippen molar-refractivity contribution < 1.29 is 0 Å². The predicted molar refractivity (Wildman–Crippen MR) is 75.3 cm³/mol. The highest BCUT2D eigenvalue weighted by Crippen LogP contribution is 2.34. The van der Waals surface area contributed by atoms with E-state index >= 15 is 0 Å². The largest absolute Gasteiger partial charge is 0.397 e. The minimum Gasteiger partial charge on any atom is -0.397 e. The highest BCUT2D eigenvalue weighted by Gasteiger charge is 2.07. The lowest BCUT2D eigenvalue weighted by atomic mass is 10.2. The Kier molecular flexibility index (Phi) is 3.46. The molecule has 2 nitrogen and oxygen atoms in total. The minimum absolute atomic E-state index is 0.567. The van der Waals surface area contributed by atoms with Gasteiger partial charge in [-0.3, -0.25) is 0 Å². The van der Waals surface area contributed by atoms with E-state index in [1.54, 1.807) is 18.2 Å². The van der Waals surface area contributed by atoms with Crippen LogP contribution in [0.15, 0.2) is 36.4 Å². The summed E-state index contributed by atoms with van der Waals surface area (Å²) in [6, 6.07) is 11.1. The fraction of sp³-hybridized carbons (Fsp3) is 0.0769. The van der Waals surface area contributed by atoms with E-state index < -0.39 is 0 Å². The van der Waals surface area contributed by atoms with Crippen LogP contribution in [0.4, 0.5) is 17.1 Å². The van der Waals surface area contributed by atoms with Crippen LogP contribution in [0, 0.1) is 6.92 Å². The van der Waals surface area contributed by atoms with Crippen LogP contribution in [-0.2, 0) is 0 Å². The summed E-state index contributed by atoms with van der Waals surface area (Å²) in [6.07, 6.45) is 0. The second-order valence-corrected chi connectivity index (χ2v) is 4.63. The van der Waals surface area contributed by atoms with E-state index in [1.807, 2.05) is 25.1 Å². The molecule has 0 aliphatic carbocycles. The number of halogens is 2. The van der Waals surface area contributed by atoms with E-state index in [0.29, 0.717) is 21.4 Å². The normalized spacial score (nSPS) is 10.3. The van der Waals surface area contributed by atoms with Gasteiger partial charge >= 0.3 is 0 Å². The van der Waals surface area contributed by atoms with Crippen molar-refractivity contribution in [3.63, 3.8) is 0 Å². The third kappa shape index (κ3) is 2.65. The zero-order valence-corrected chi connectivity index (χ0v) is 10.8. The van der Waals surface area contributed by atoms with Crippen LogP contribution < -0.4 is 11.1 Å². The number of para-hydroxylation sites is 1. The van der Waals surface area contributed by atoms with Crippen LogP contribution in [0.2, 0.25) is 10.0 Å². The second-order valence-electron chi connectivity index (χ2n) is 3.81. The molecule has 2 aromatic rings. The van der Waals surface area contributed by atoms with Crippen molar-refractivity contribution in [1.29, 1.82) is 0 Å². The Hall–Kier alpha value is -1.38. The number of aryl methyl sites for hydroxylation is 1. The minimum atomic E-state index is 0.567. The van der Waals surface area contributed by atoms with Gasteiger partial charge in [0.2, 0.25) is 0 Å². The average molecular weight is 267 g/mol. The summed E-state index contributed by atoms with van der Waals surface area (Å²) in [4.78, 5) is 0. The Morgan fingerprint density at radius 1 is 1.06 bits per heavy atom. The molecule has 0 saturated carbocycles. The molecule has 88 valence electrons. The summed E-state index contributed by atoms with van der Waals surface area (Å²) in [7, 11) is 0. The Bertz CT molecular complexity index is 533. The number of rotatable bonds is 2. The smallest absolute Gasteiger partial charge is 0.0763 e. The number of hydrogen-bond acceptors (Lipinski definition) is 2. The lowest BCUT2D eigenvalue weighted by Gasteiger charge is -2.12. The maximum atomic E-state index is 6.08. The molecule has 0 saturated heterocycles. The molecule has 0 heterocycles. The first-order chi connectivity index (χ1) is 8.08. The first kappa shape index (κ1) is 12.1. The Labute approximate surface area is 110 Å². The molecule has 0 amide bonds. The van der Waals surface area contributed by atoms with E-state index in [9.17, 15) is 0 Å². The average Bonchev–Trinajstić information content (AvgIpc) is 2.26. The molecule has 0 aliphatic rings. The van der Waals surface area contributed by atoms with E-state index in [2.05, 4.69) is 5.32 Å². The summed E-state index contributed by atoms with van der Waals surface area (Å²) in [5.41, 5.74) is 9.17. The highest BCUT2D eigenvalue weighted by molar-refractivity contribution is 6.39. The zero-order valence-electron chi connectivity index (χ0n) is 9.30. The van der Waals surface area contributed by atoms with Gasteiger partial charge in [0.1, 0.15) is 0 Å².